The van der Waals surface area contributed by atoms with E-state index in [9.17, 15) is 9.59 Å². The highest BCUT2D eigenvalue weighted by atomic mass is 35.5. The van der Waals surface area contributed by atoms with Gasteiger partial charge in [0.05, 0.1) is 12.6 Å². The van der Waals surface area contributed by atoms with Crippen molar-refractivity contribution in [2.75, 3.05) is 37.8 Å². The van der Waals surface area contributed by atoms with Crippen molar-refractivity contribution in [2.45, 2.75) is 64.4 Å². The van der Waals surface area contributed by atoms with E-state index in [1.807, 2.05) is 25.1 Å². The molecule has 1 unspecified atom stereocenters. The van der Waals surface area contributed by atoms with Gasteiger partial charge in [0.25, 0.3) is 17.6 Å². The maximum Gasteiger partial charge on any atom is 0.277 e. The highest BCUT2D eigenvalue weighted by Gasteiger charge is 2.31. The lowest BCUT2D eigenvalue weighted by molar-refractivity contribution is -0.676. The van der Waals surface area contributed by atoms with E-state index < -0.39 is 5.91 Å². The summed E-state index contributed by atoms with van der Waals surface area (Å²) >= 11 is 5.99. The van der Waals surface area contributed by atoms with Gasteiger partial charge >= 0.3 is 0 Å². The highest BCUT2D eigenvalue weighted by molar-refractivity contribution is 6.31. The molecule has 4 heterocycles. The van der Waals surface area contributed by atoms with Crippen LogP contribution in [0.25, 0.3) is 11.0 Å². The fourth-order valence-corrected chi connectivity index (χ4v) is 5.61. The maximum absolute atomic E-state index is 13.1. The first-order valence-electron chi connectivity index (χ1n) is 14.0. The molecular weight excluding hydrogens is 550 g/mol. The molecule has 1 aromatic carbocycles. The van der Waals surface area contributed by atoms with E-state index in [1.54, 1.807) is 0 Å². The minimum absolute atomic E-state index is 0.0433. The molecule has 0 saturated carbocycles. The first-order valence-corrected chi connectivity index (χ1v) is 14.4. The summed E-state index contributed by atoms with van der Waals surface area (Å²) in [6, 6.07) is 5.93. The molecule has 0 bridgehead atoms. The van der Waals surface area contributed by atoms with Crippen LogP contribution in [0.15, 0.2) is 18.2 Å². The molecule has 2 aliphatic rings. The molecule has 2 aromatic heterocycles. The van der Waals surface area contributed by atoms with Crippen LogP contribution in [0.2, 0.25) is 5.15 Å². The lowest BCUT2D eigenvalue weighted by atomic mass is 10.1. The number of ether oxygens (including phenoxy) is 2. The number of carbonyl (C=O) groups is 2. The van der Waals surface area contributed by atoms with E-state index >= 15 is 0 Å². The minimum atomic E-state index is -0.528. The van der Waals surface area contributed by atoms with Gasteiger partial charge in [-0.05, 0) is 57.8 Å². The topological polar surface area (TPSA) is 175 Å². The van der Waals surface area contributed by atoms with Gasteiger partial charge in [-0.25, -0.2) is 19.1 Å². The van der Waals surface area contributed by atoms with Crippen LogP contribution < -0.4 is 36.7 Å². The Labute approximate surface area is 242 Å². The van der Waals surface area contributed by atoms with Gasteiger partial charge in [-0.15, -0.1) is 0 Å². The monoisotopic (exact) mass is 586 g/mol. The number of halogens is 1. The average molecular weight is 587 g/mol. The highest BCUT2D eigenvalue weighted by Crippen LogP contribution is 2.27. The number of nitrogen functional groups attached to an aromatic ring is 2. The number of piperidine rings is 1. The van der Waals surface area contributed by atoms with Crippen LogP contribution in [0, 0.1) is 0 Å². The van der Waals surface area contributed by atoms with Crippen LogP contribution >= 0.6 is 11.6 Å². The number of nitrogens with two attached hydrogens (primary N) is 2. The molecule has 0 radical (unpaired) electrons. The zero-order valence-electron chi connectivity index (χ0n) is 23.1. The quantitative estimate of drug-likeness (QED) is 0.216. The molecule has 0 aliphatic carbocycles. The smallest absolute Gasteiger partial charge is 0.277 e. The SMILES string of the molecule is CC[n+]1c(CNC(=O)c2nc(Cl)c(N)nc2N)n(CC2CCCO2)c2cccc(OCC(=O)NC3CCNCC3)c21. The molecular formula is C27H37ClN9O4+. The zero-order valence-corrected chi connectivity index (χ0v) is 23.9. The Morgan fingerprint density at radius 3 is 2.76 bits per heavy atom. The van der Waals surface area contributed by atoms with E-state index in [0.717, 1.165) is 62.2 Å². The summed E-state index contributed by atoms with van der Waals surface area (Å²) in [6.07, 6.45) is 3.79. The maximum atomic E-state index is 13.1. The number of nitrogens with one attached hydrogen (secondary N) is 3. The second-order valence-electron chi connectivity index (χ2n) is 10.2. The minimum Gasteiger partial charge on any atom is -0.479 e. The fourth-order valence-electron chi connectivity index (χ4n) is 5.49. The summed E-state index contributed by atoms with van der Waals surface area (Å²) in [4.78, 5) is 33.7. The van der Waals surface area contributed by atoms with Gasteiger partial charge in [0.15, 0.2) is 40.4 Å². The third-order valence-corrected chi connectivity index (χ3v) is 7.76. The summed E-state index contributed by atoms with van der Waals surface area (Å²) in [7, 11) is 0. The zero-order chi connectivity index (χ0) is 28.9. The number of aryl methyl sites for hydroxylation is 1. The molecule has 14 heteroatoms. The van der Waals surface area contributed by atoms with Crippen LogP contribution in [0.1, 0.15) is 48.9 Å². The predicted octanol–water partition coefficient (Wildman–Crippen LogP) is 0.913. The molecule has 2 aliphatic heterocycles. The number of benzene rings is 1. The lowest BCUT2D eigenvalue weighted by Crippen LogP contribution is -2.44. The van der Waals surface area contributed by atoms with Crippen molar-refractivity contribution in [3.63, 3.8) is 0 Å². The number of hydrogen-bond donors (Lipinski definition) is 5. The second kappa shape index (κ2) is 12.9. The van der Waals surface area contributed by atoms with Gasteiger partial charge in [-0.1, -0.05) is 17.7 Å². The van der Waals surface area contributed by atoms with Crippen LogP contribution in [0.5, 0.6) is 5.75 Å². The molecule has 7 N–H and O–H groups in total. The van der Waals surface area contributed by atoms with Crippen molar-refractivity contribution in [3.05, 3.63) is 34.9 Å². The third kappa shape index (κ3) is 6.47. The van der Waals surface area contributed by atoms with Gasteiger partial charge < -0.3 is 36.9 Å². The van der Waals surface area contributed by atoms with E-state index in [2.05, 4.69) is 35.1 Å². The van der Waals surface area contributed by atoms with Crippen LogP contribution in [0.4, 0.5) is 11.6 Å². The van der Waals surface area contributed by atoms with Crippen LogP contribution in [0.3, 0.4) is 0 Å². The summed E-state index contributed by atoms with van der Waals surface area (Å²) in [5, 5.41) is 9.19. The van der Waals surface area contributed by atoms with Crippen molar-refractivity contribution < 1.29 is 23.6 Å². The number of rotatable bonds is 10. The second-order valence-corrected chi connectivity index (χ2v) is 10.6. The number of carbonyl (C=O) groups excluding carboxylic acids is 2. The molecule has 2 fully saturated rings. The van der Waals surface area contributed by atoms with Crippen molar-refractivity contribution in [1.29, 1.82) is 0 Å². The number of amides is 2. The summed E-state index contributed by atoms with van der Waals surface area (Å²) in [5.74, 6) is 0.589. The molecule has 0 spiro atoms. The van der Waals surface area contributed by atoms with E-state index in [4.69, 9.17) is 32.5 Å². The number of imidazole rings is 1. The van der Waals surface area contributed by atoms with Crippen molar-refractivity contribution in [1.82, 2.24) is 30.5 Å². The number of aromatic nitrogens is 4. The number of fused-ring (bicyclic) bond motifs is 1. The number of nitrogens with zero attached hydrogens (tertiary/aromatic N) is 4. The summed E-state index contributed by atoms with van der Waals surface area (Å²) in [5.41, 5.74) is 13.2. The predicted molar refractivity (Wildman–Crippen MR) is 153 cm³/mol. The third-order valence-electron chi connectivity index (χ3n) is 7.48. The van der Waals surface area contributed by atoms with Gasteiger partial charge in [0.1, 0.15) is 13.1 Å². The van der Waals surface area contributed by atoms with Crippen LogP contribution in [-0.2, 0) is 29.2 Å². The first-order chi connectivity index (χ1) is 19.9. The molecule has 220 valence electrons. The summed E-state index contributed by atoms with van der Waals surface area (Å²) in [6.45, 7) is 5.79. The molecule has 2 amide bonds. The molecule has 13 nitrogen and oxygen atoms in total. The molecule has 3 aromatic rings. The van der Waals surface area contributed by atoms with Gasteiger partial charge in [0, 0.05) is 12.6 Å². The van der Waals surface area contributed by atoms with Gasteiger partial charge in [-0.3, -0.25) is 9.59 Å². The molecule has 2 saturated heterocycles. The Balaban J connectivity index is 1.42. The normalized spacial score (nSPS) is 17.6. The summed E-state index contributed by atoms with van der Waals surface area (Å²) < 4.78 is 16.3. The number of para-hydroxylation sites is 1. The Morgan fingerprint density at radius 1 is 1.22 bits per heavy atom. The van der Waals surface area contributed by atoms with Crippen molar-refractivity contribution >= 4 is 46.1 Å². The first kappa shape index (κ1) is 28.8. The molecule has 1 atom stereocenters. The van der Waals surface area contributed by atoms with Crippen molar-refractivity contribution in [3.8, 4) is 5.75 Å². The Bertz CT molecular complexity index is 1420. The standard InChI is InChI=1S/C27H36ClN9O4/c1-2-36-21(13-32-27(39)22-25(29)35-26(30)24(28)34-22)37(14-17-5-4-12-40-17)18-6-3-7-19(23(18)36)41-15-20(38)33-16-8-10-31-11-9-16/h3,6-7,16-17,31H,2,4-5,8-15H2,1H3,(H5-,29,30,32,33,35,38,39)/p+1. The number of anilines is 2. The Morgan fingerprint density at radius 2 is 2.02 bits per heavy atom. The lowest BCUT2D eigenvalue weighted by Gasteiger charge is -2.23. The average Bonchev–Trinajstić information content (AvgIpc) is 3.59. The molecule has 41 heavy (non-hydrogen) atoms. The number of hydrogen-bond acceptors (Lipinski definition) is 9. The van der Waals surface area contributed by atoms with Gasteiger partial charge in [0.2, 0.25) is 5.52 Å². The Hall–Kier alpha value is -3.68. The van der Waals surface area contributed by atoms with Crippen LogP contribution in [-0.4, -0.2) is 64.8 Å². The van der Waals surface area contributed by atoms with E-state index in [-0.39, 0.29) is 53.7 Å². The largest absolute Gasteiger partial charge is 0.479 e. The van der Waals surface area contributed by atoms with Crippen molar-refractivity contribution in [2.24, 2.45) is 0 Å². The fraction of sp³-hybridized carbons (Fsp3) is 0.519. The van der Waals surface area contributed by atoms with Gasteiger partial charge in [-0.2, -0.15) is 0 Å². The molecule has 5 rings (SSSR count). The van der Waals surface area contributed by atoms with E-state index in [0.29, 0.717) is 18.8 Å². The van der Waals surface area contributed by atoms with E-state index in [1.165, 1.54) is 0 Å². The Kier molecular flexibility index (Phi) is 9.06.